The second-order valence-electron chi connectivity index (χ2n) is 9.42. The summed E-state index contributed by atoms with van der Waals surface area (Å²) in [5.41, 5.74) is -0.690. The molecule has 0 spiro atoms. The summed E-state index contributed by atoms with van der Waals surface area (Å²) in [6.07, 6.45) is -1.43. The Morgan fingerprint density at radius 1 is 1.17 bits per heavy atom. The summed E-state index contributed by atoms with van der Waals surface area (Å²) in [7, 11) is 1.04. The third-order valence-electron chi connectivity index (χ3n) is 6.22. The minimum absolute atomic E-state index is 0.00584. The van der Waals surface area contributed by atoms with E-state index in [9.17, 15) is 22.8 Å². The number of anilines is 1. The van der Waals surface area contributed by atoms with Crippen LogP contribution in [0, 0.1) is 0 Å². The summed E-state index contributed by atoms with van der Waals surface area (Å²) in [5.74, 6) is -1.52. The SMILES string of the molecule is CN1/C=C\C(Cl)=C\c2csc(n2)N(Cc2ccc(C(=O)NCCC(=O)O)cc2)Cc2cc(C(F)(F)F)cc(c2)C1(F)F. The van der Waals surface area contributed by atoms with Crippen molar-refractivity contribution in [3.63, 3.8) is 0 Å². The van der Waals surface area contributed by atoms with E-state index in [0.29, 0.717) is 27.4 Å². The van der Waals surface area contributed by atoms with Gasteiger partial charge in [0, 0.05) is 54.4 Å². The smallest absolute Gasteiger partial charge is 0.416 e. The van der Waals surface area contributed by atoms with Crippen molar-refractivity contribution in [3.05, 3.63) is 98.7 Å². The van der Waals surface area contributed by atoms with Gasteiger partial charge in [-0.1, -0.05) is 23.7 Å². The van der Waals surface area contributed by atoms with Crippen molar-refractivity contribution in [3.8, 4) is 0 Å². The predicted molar refractivity (Wildman–Crippen MR) is 149 cm³/mol. The predicted octanol–water partition coefficient (Wildman–Crippen LogP) is 6.66. The van der Waals surface area contributed by atoms with Crippen LogP contribution in [0.2, 0.25) is 0 Å². The lowest BCUT2D eigenvalue weighted by Gasteiger charge is -2.28. The Morgan fingerprint density at radius 2 is 1.88 bits per heavy atom. The van der Waals surface area contributed by atoms with E-state index in [2.05, 4.69) is 10.3 Å². The van der Waals surface area contributed by atoms with Crippen LogP contribution in [0.4, 0.5) is 27.1 Å². The fraction of sp³-hybridized carbons (Fsp3) is 0.250. The van der Waals surface area contributed by atoms with Crippen molar-refractivity contribution in [2.75, 3.05) is 18.5 Å². The number of aliphatic carboxylic acids is 1. The number of amides is 1. The third-order valence-corrected chi connectivity index (χ3v) is 7.38. The number of carbonyl (C=O) groups excluding carboxylic acids is 1. The Bertz CT molecular complexity index is 1520. The van der Waals surface area contributed by atoms with Gasteiger partial charge in [-0.2, -0.15) is 22.0 Å². The number of hydrogen-bond donors (Lipinski definition) is 2. The van der Waals surface area contributed by atoms with Crippen LogP contribution in [-0.2, 0) is 30.1 Å². The second-order valence-corrected chi connectivity index (χ2v) is 10.7. The van der Waals surface area contributed by atoms with Gasteiger partial charge in [-0.05, 0) is 53.6 Å². The molecule has 42 heavy (non-hydrogen) atoms. The minimum Gasteiger partial charge on any atom is -0.481 e. The fourth-order valence-electron chi connectivity index (χ4n) is 4.06. The summed E-state index contributed by atoms with van der Waals surface area (Å²) < 4.78 is 72.1. The van der Waals surface area contributed by atoms with Crippen molar-refractivity contribution in [1.29, 1.82) is 0 Å². The molecule has 1 aliphatic rings. The summed E-state index contributed by atoms with van der Waals surface area (Å²) >= 11 is 7.40. The average molecular weight is 627 g/mol. The number of thiazole rings is 1. The highest BCUT2D eigenvalue weighted by Gasteiger charge is 2.39. The first-order valence-electron chi connectivity index (χ1n) is 12.4. The van der Waals surface area contributed by atoms with Crippen molar-refractivity contribution >= 4 is 46.0 Å². The zero-order chi connectivity index (χ0) is 30.7. The van der Waals surface area contributed by atoms with E-state index in [0.717, 1.165) is 25.4 Å². The first-order chi connectivity index (χ1) is 19.7. The molecule has 2 aromatic carbocycles. The molecule has 0 atom stereocenters. The molecule has 1 aromatic heterocycles. The minimum atomic E-state index is -4.87. The molecule has 0 aliphatic carbocycles. The lowest BCUT2D eigenvalue weighted by molar-refractivity contribution is -0.139. The van der Waals surface area contributed by atoms with Crippen LogP contribution in [-0.4, -0.2) is 40.5 Å². The summed E-state index contributed by atoms with van der Waals surface area (Å²) in [6.45, 7) is -0.111. The number of fused-ring (bicyclic) bond motifs is 4. The zero-order valence-corrected chi connectivity index (χ0v) is 23.5. The molecule has 222 valence electrons. The molecule has 0 saturated heterocycles. The van der Waals surface area contributed by atoms with E-state index < -0.39 is 35.2 Å². The van der Waals surface area contributed by atoms with Gasteiger partial charge in [0.15, 0.2) is 5.13 Å². The Kier molecular flexibility index (Phi) is 9.21. The highest BCUT2D eigenvalue weighted by atomic mass is 35.5. The zero-order valence-electron chi connectivity index (χ0n) is 22.0. The number of nitrogens with one attached hydrogen (secondary N) is 1. The van der Waals surface area contributed by atoms with Crippen LogP contribution in [0.5, 0.6) is 0 Å². The van der Waals surface area contributed by atoms with E-state index in [4.69, 9.17) is 16.7 Å². The Balaban J connectivity index is 1.71. The molecule has 0 unspecified atom stereocenters. The highest BCUT2D eigenvalue weighted by molar-refractivity contribution is 7.13. The van der Waals surface area contributed by atoms with E-state index in [1.807, 2.05) is 0 Å². The number of allylic oxidation sites excluding steroid dienone is 2. The molecule has 2 heterocycles. The molecule has 0 radical (unpaired) electrons. The molecule has 2 N–H and O–H groups in total. The van der Waals surface area contributed by atoms with Gasteiger partial charge < -0.3 is 20.2 Å². The Morgan fingerprint density at radius 3 is 2.55 bits per heavy atom. The Labute approximate surface area is 246 Å². The lowest BCUT2D eigenvalue weighted by atomic mass is 10.0. The highest BCUT2D eigenvalue weighted by Crippen LogP contribution is 2.38. The van der Waals surface area contributed by atoms with Gasteiger partial charge in [0.1, 0.15) is 0 Å². The largest absolute Gasteiger partial charge is 0.481 e. The van der Waals surface area contributed by atoms with E-state index >= 15 is 8.78 Å². The fourth-order valence-corrected chi connectivity index (χ4v) is 5.01. The molecule has 1 amide bonds. The number of aromatic nitrogens is 1. The van der Waals surface area contributed by atoms with Gasteiger partial charge >= 0.3 is 18.2 Å². The molecule has 1 aliphatic heterocycles. The summed E-state index contributed by atoms with van der Waals surface area (Å²) in [6, 6.07) is 4.83. The van der Waals surface area contributed by atoms with Gasteiger partial charge in [-0.25, -0.2) is 4.98 Å². The van der Waals surface area contributed by atoms with E-state index in [-0.39, 0.29) is 42.2 Å². The summed E-state index contributed by atoms with van der Waals surface area (Å²) in [5, 5.41) is 13.4. The maximum atomic E-state index is 15.3. The first kappa shape index (κ1) is 31.0. The quantitative estimate of drug-likeness (QED) is 0.235. The number of alkyl halides is 5. The van der Waals surface area contributed by atoms with Gasteiger partial charge in [-0.15, -0.1) is 11.3 Å². The molecule has 14 heteroatoms. The Hall–Kier alpha value is -3.97. The van der Waals surface area contributed by atoms with Crippen LogP contribution in [0.15, 0.2) is 65.2 Å². The van der Waals surface area contributed by atoms with Gasteiger partial charge in [0.2, 0.25) is 0 Å². The van der Waals surface area contributed by atoms with Crippen molar-refractivity contribution in [1.82, 2.24) is 15.2 Å². The number of carboxylic acids is 1. The molecular formula is C28H24ClF5N4O3S. The number of rotatable bonds is 6. The maximum Gasteiger partial charge on any atom is 0.416 e. The van der Waals surface area contributed by atoms with Crippen molar-refractivity contribution in [2.45, 2.75) is 31.7 Å². The second kappa shape index (κ2) is 12.5. The van der Waals surface area contributed by atoms with Crippen LogP contribution >= 0.6 is 22.9 Å². The number of benzene rings is 2. The van der Waals surface area contributed by atoms with Crippen LogP contribution in [0.1, 0.15) is 44.7 Å². The number of hydrogen-bond acceptors (Lipinski definition) is 6. The molecule has 4 rings (SSSR count). The monoisotopic (exact) mass is 626 g/mol. The van der Waals surface area contributed by atoms with E-state index in [1.165, 1.54) is 35.6 Å². The number of carbonyl (C=O) groups is 2. The molecule has 4 bridgehead atoms. The number of nitrogens with zero attached hydrogens (tertiary/aromatic N) is 3. The molecule has 0 saturated carbocycles. The van der Waals surface area contributed by atoms with Crippen LogP contribution in [0.25, 0.3) is 6.08 Å². The first-order valence-corrected chi connectivity index (χ1v) is 13.7. The molecular weight excluding hydrogens is 603 g/mol. The lowest BCUT2D eigenvalue weighted by Crippen LogP contribution is -2.32. The number of carboxylic acid groups (broad SMARTS) is 1. The van der Waals surface area contributed by atoms with E-state index in [1.54, 1.807) is 22.4 Å². The van der Waals surface area contributed by atoms with Gasteiger partial charge in [0.25, 0.3) is 5.91 Å². The van der Waals surface area contributed by atoms with Gasteiger partial charge in [0.05, 0.1) is 17.7 Å². The third kappa shape index (κ3) is 7.65. The average Bonchev–Trinajstić information content (AvgIpc) is 3.38. The topological polar surface area (TPSA) is 85.8 Å². The van der Waals surface area contributed by atoms with Crippen molar-refractivity contribution in [2.24, 2.45) is 0 Å². The van der Waals surface area contributed by atoms with Crippen molar-refractivity contribution < 1.29 is 36.6 Å². The number of halogens is 6. The molecule has 0 fully saturated rings. The van der Waals surface area contributed by atoms with Crippen LogP contribution in [0.3, 0.4) is 0 Å². The normalized spacial score (nSPS) is 17.2. The standard InChI is InChI=1S/C28H24ClF5N4O3S/c1-37-9-7-22(29)13-23-16-42-26(36-23)38(14-17-2-4-19(5-3-17)25(41)35-8-6-24(39)40)15-18-10-20(27(30,31)32)12-21(11-18)28(37,33)34/h2-5,7,9-13,16H,6,8,14-15H2,1H3,(H,35,41)(H,39,40)/b9-7-,22-13-. The molecule has 3 aromatic rings. The van der Waals surface area contributed by atoms with Crippen LogP contribution < -0.4 is 10.2 Å². The maximum absolute atomic E-state index is 15.3. The van der Waals surface area contributed by atoms with Gasteiger partial charge in [-0.3, -0.25) is 9.59 Å². The molecule has 7 nitrogen and oxygen atoms in total. The summed E-state index contributed by atoms with van der Waals surface area (Å²) in [4.78, 5) is 29.6.